The molecule has 0 unspecified atom stereocenters. The standard InChI is InChI=1S/C23H34N4O2/c1-16-12-17(2)21-18(13-16)14-19(22(28)25-21)15-27(11-10-26(3)4)23(29)24-20-8-6-5-7-9-20/h12-14,20H,5-11,15H2,1-4H3,(H,24,29)(H,25,28). The van der Waals surface area contributed by atoms with Crippen molar-refractivity contribution < 1.29 is 4.79 Å². The van der Waals surface area contributed by atoms with Crippen molar-refractivity contribution in [2.24, 2.45) is 0 Å². The third-order valence-corrected chi connectivity index (χ3v) is 5.77. The minimum Gasteiger partial charge on any atom is -0.335 e. The number of hydrogen-bond acceptors (Lipinski definition) is 3. The molecule has 1 aliphatic rings. The molecule has 1 aromatic heterocycles. The second-order valence-electron chi connectivity index (χ2n) is 8.68. The third kappa shape index (κ3) is 5.60. The maximum atomic E-state index is 13.0. The fraction of sp³-hybridized carbons (Fsp3) is 0.565. The van der Waals surface area contributed by atoms with Crippen LogP contribution in [0.3, 0.4) is 0 Å². The Morgan fingerprint density at radius 1 is 1.10 bits per heavy atom. The van der Waals surface area contributed by atoms with E-state index in [1.807, 2.05) is 27.1 Å². The summed E-state index contributed by atoms with van der Waals surface area (Å²) in [7, 11) is 3.98. The molecular formula is C23H34N4O2. The van der Waals surface area contributed by atoms with Crippen molar-refractivity contribution in [2.75, 3.05) is 27.2 Å². The number of fused-ring (bicyclic) bond motifs is 1. The zero-order chi connectivity index (χ0) is 21.0. The van der Waals surface area contributed by atoms with Crippen LogP contribution in [0.15, 0.2) is 23.0 Å². The molecule has 6 nitrogen and oxygen atoms in total. The van der Waals surface area contributed by atoms with E-state index in [2.05, 4.69) is 34.3 Å². The lowest BCUT2D eigenvalue weighted by atomic mass is 9.96. The maximum Gasteiger partial charge on any atom is 0.317 e. The summed E-state index contributed by atoms with van der Waals surface area (Å²) in [5.74, 6) is 0. The molecule has 29 heavy (non-hydrogen) atoms. The fourth-order valence-electron chi connectivity index (χ4n) is 4.14. The number of carbonyl (C=O) groups is 1. The van der Waals surface area contributed by atoms with Crippen molar-refractivity contribution in [2.45, 2.75) is 58.5 Å². The summed E-state index contributed by atoms with van der Waals surface area (Å²) >= 11 is 0. The number of pyridine rings is 1. The first-order valence-electron chi connectivity index (χ1n) is 10.7. The number of hydrogen-bond donors (Lipinski definition) is 2. The molecule has 2 aromatic rings. The molecular weight excluding hydrogens is 364 g/mol. The largest absolute Gasteiger partial charge is 0.335 e. The highest BCUT2D eigenvalue weighted by atomic mass is 16.2. The van der Waals surface area contributed by atoms with Crippen LogP contribution >= 0.6 is 0 Å². The van der Waals surface area contributed by atoms with Crippen LogP contribution < -0.4 is 10.9 Å². The van der Waals surface area contributed by atoms with Crippen molar-refractivity contribution in [3.05, 3.63) is 45.2 Å². The molecule has 0 aliphatic heterocycles. The van der Waals surface area contributed by atoms with Gasteiger partial charge in [-0.2, -0.15) is 0 Å². The summed E-state index contributed by atoms with van der Waals surface area (Å²) in [6.45, 7) is 5.70. The van der Waals surface area contributed by atoms with Gasteiger partial charge in [0.05, 0.1) is 12.1 Å². The zero-order valence-corrected chi connectivity index (χ0v) is 18.2. The van der Waals surface area contributed by atoms with E-state index in [0.29, 0.717) is 18.7 Å². The number of amides is 2. The van der Waals surface area contributed by atoms with Crippen molar-refractivity contribution in [3.8, 4) is 0 Å². The number of aromatic nitrogens is 1. The molecule has 3 rings (SSSR count). The van der Waals surface area contributed by atoms with Crippen LogP contribution in [0.25, 0.3) is 10.9 Å². The second kappa shape index (κ2) is 9.44. The summed E-state index contributed by atoms with van der Waals surface area (Å²) in [5, 5.41) is 4.21. The number of benzene rings is 1. The SMILES string of the molecule is Cc1cc(C)c2[nH]c(=O)c(CN(CCN(C)C)C(=O)NC3CCCCC3)cc2c1. The Morgan fingerprint density at radius 2 is 1.83 bits per heavy atom. The quantitative estimate of drug-likeness (QED) is 0.782. The van der Waals surface area contributed by atoms with Crippen LogP contribution in [0.4, 0.5) is 4.79 Å². The minimum absolute atomic E-state index is 0.0707. The van der Waals surface area contributed by atoms with E-state index in [4.69, 9.17) is 0 Å². The number of rotatable bonds is 6. The van der Waals surface area contributed by atoms with E-state index in [1.54, 1.807) is 4.90 Å². The first kappa shape index (κ1) is 21.4. The number of nitrogens with zero attached hydrogens (tertiary/aromatic N) is 2. The van der Waals surface area contributed by atoms with Crippen molar-refractivity contribution >= 4 is 16.9 Å². The number of likely N-dealkylation sites (N-methyl/N-ethyl adjacent to an activating group) is 1. The summed E-state index contributed by atoms with van der Waals surface area (Å²) in [6.07, 6.45) is 5.68. The smallest absolute Gasteiger partial charge is 0.317 e. The van der Waals surface area contributed by atoms with Gasteiger partial charge in [-0.05, 0) is 63.9 Å². The lowest BCUT2D eigenvalue weighted by Crippen LogP contribution is -2.47. The maximum absolute atomic E-state index is 13.0. The Labute approximate surface area is 173 Å². The van der Waals surface area contributed by atoms with Crippen molar-refractivity contribution in [1.82, 2.24) is 20.1 Å². The monoisotopic (exact) mass is 398 g/mol. The van der Waals surface area contributed by atoms with Gasteiger partial charge in [0.15, 0.2) is 0 Å². The Hall–Kier alpha value is -2.34. The normalized spacial score (nSPS) is 15.1. The van der Waals surface area contributed by atoms with E-state index in [9.17, 15) is 9.59 Å². The van der Waals surface area contributed by atoms with E-state index in [-0.39, 0.29) is 17.6 Å². The molecule has 0 radical (unpaired) electrons. The fourth-order valence-corrected chi connectivity index (χ4v) is 4.14. The highest BCUT2D eigenvalue weighted by Gasteiger charge is 2.21. The minimum atomic E-state index is -0.121. The van der Waals surface area contributed by atoms with Gasteiger partial charge in [0, 0.05) is 24.7 Å². The van der Waals surface area contributed by atoms with Gasteiger partial charge in [-0.25, -0.2) is 4.79 Å². The first-order valence-corrected chi connectivity index (χ1v) is 10.7. The van der Waals surface area contributed by atoms with Crippen LogP contribution in [-0.4, -0.2) is 54.0 Å². The van der Waals surface area contributed by atoms with Gasteiger partial charge in [-0.15, -0.1) is 0 Å². The van der Waals surface area contributed by atoms with Gasteiger partial charge >= 0.3 is 6.03 Å². The Kier molecular flexibility index (Phi) is 6.96. The van der Waals surface area contributed by atoms with Crippen molar-refractivity contribution in [1.29, 1.82) is 0 Å². The molecule has 0 atom stereocenters. The predicted octanol–water partition coefficient (Wildman–Crippen LogP) is 3.55. The lowest BCUT2D eigenvalue weighted by molar-refractivity contribution is 0.181. The average Bonchev–Trinajstić information content (AvgIpc) is 2.66. The molecule has 0 bridgehead atoms. The lowest BCUT2D eigenvalue weighted by Gasteiger charge is -2.29. The molecule has 0 spiro atoms. The van der Waals surface area contributed by atoms with Gasteiger partial charge in [-0.3, -0.25) is 4.79 Å². The highest BCUT2D eigenvalue weighted by Crippen LogP contribution is 2.20. The molecule has 1 fully saturated rings. The number of urea groups is 1. The number of nitrogens with one attached hydrogen (secondary N) is 2. The van der Waals surface area contributed by atoms with Gasteiger partial charge in [-0.1, -0.05) is 30.9 Å². The van der Waals surface area contributed by atoms with E-state index < -0.39 is 0 Å². The van der Waals surface area contributed by atoms with Crippen LogP contribution in [0.2, 0.25) is 0 Å². The van der Waals surface area contributed by atoms with Crippen molar-refractivity contribution in [3.63, 3.8) is 0 Å². The molecule has 1 aliphatic carbocycles. The number of carbonyl (C=O) groups excluding carboxylic acids is 1. The molecule has 158 valence electrons. The van der Waals surface area contributed by atoms with Gasteiger partial charge in [0.1, 0.15) is 0 Å². The molecule has 2 N–H and O–H groups in total. The molecule has 0 saturated heterocycles. The predicted molar refractivity (Wildman–Crippen MR) is 118 cm³/mol. The topological polar surface area (TPSA) is 68.4 Å². The van der Waals surface area contributed by atoms with E-state index >= 15 is 0 Å². The Balaban J connectivity index is 1.83. The second-order valence-corrected chi connectivity index (χ2v) is 8.68. The molecule has 1 heterocycles. The molecule has 1 saturated carbocycles. The molecule has 2 amide bonds. The average molecular weight is 399 g/mol. The number of aryl methyl sites for hydroxylation is 2. The molecule has 6 heteroatoms. The van der Waals surface area contributed by atoms with Gasteiger partial charge in [0.2, 0.25) is 0 Å². The van der Waals surface area contributed by atoms with Crippen LogP contribution in [-0.2, 0) is 6.54 Å². The van der Waals surface area contributed by atoms with E-state index in [0.717, 1.165) is 41.4 Å². The summed E-state index contributed by atoms with van der Waals surface area (Å²) in [5.41, 5.74) is 3.59. The number of aromatic amines is 1. The summed E-state index contributed by atoms with van der Waals surface area (Å²) in [4.78, 5) is 32.6. The third-order valence-electron chi connectivity index (χ3n) is 5.77. The summed E-state index contributed by atoms with van der Waals surface area (Å²) in [6, 6.07) is 6.26. The summed E-state index contributed by atoms with van der Waals surface area (Å²) < 4.78 is 0. The van der Waals surface area contributed by atoms with Gasteiger partial charge < -0.3 is 20.1 Å². The first-order chi connectivity index (χ1) is 13.8. The highest BCUT2D eigenvalue weighted by molar-refractivity contribution is 5.83. The Bertz CT molecular complexity index is 913. The van der Waals surface area contributed by atoms with E-state index in [1.165, 1.54) is 19.3 Å². The van der Waals surface area contributed by atoms with Crippen LogP contribution in [0, 0.1) is 13.8 Å². The van der Waals surface area contributed by atoms with Crippen LogP contribution in [0.5, 0.6) is 0 Å². The molecule has 1 aromatic carbocycles. The number of H-pyrrole nitrogens is 1. The van der Waals surface area contributed by atoms with Gasteiger partial charge in [0.25, 0.3) is 5.56 Å². The Morgan fingerprint density at radius 3 is 2.52 bits per heavy atom. The van der Waals surface area contributed by atoms with Crippen LogP contribution in [0.1, 0.15) is 48.8 Å². The zero-order valence-electron chi connectivity index (χ0n) is 18.2.